The Morgan fingerprint density at radius 1 is 0.875 bits per heavy atom. The lowest BCUT2D eigenvalue weighted by Gasteiger charge is -2.31. The molecule has 0 aliphatic rings. The van der Waals surface area contributed by atoms with Gasteiger partial charge in [0.05, 0.1) is 0 Å². The predicted octanol–water partition coefficient (Wildman–Crippen LogP) is 6.16. The van der Waals surface area contributed by atoms with Crippen LogP contribution in [0.15, 0.2) is 66.7 Å². The molecule has 0 saturated heterocycles. The third-order valence-corrected chi connectivity index (χ3v) is 6.42. The lowest BCUT2D eigenvalue weighted by molar-refractivity contribution is 0.0809. The van der Waals surface area contributed by atoms with E-state index in [9.17, 15) is 5.11 Å². The Hall–Kier alpha value is -2.33. The molecule has 3 nitrogen and oxygen atoms in total. The van der Waals surface area contributed by atoms with Gasteiger partial charge in [0.25, 0.3) is 0 Å². The molecule has 3 aromatic carbocycles. The summed E-state index contributed by atoms with van der Waals surface area (Å²) in [6, 6.07) is 21.8. The second-order valence-corrected chi connectivity index (χ2v) is 8.81. The van der Waals surface area contributed by atoms with Crippen molar-refractivity contribution in [3.8, 4) is 5.75 Å². The van der Waals surface area contributed by atoms with E-state index >= 15 is 0 Å². The van der Waals surface area contributed by atoms with Crippen LogP contribution in [0.4, 0.5) is 0 Å². The zero-order chi connectivity index (χ0) is 23.1. The molecule has 0 fully saturated rings. The van der Waals surface area contributed by atoms with Crippen LogP contribution in [0, 0.1) is 13.8 Å². The van der Waals surface area contributed by atoms with Gasteiger partial charge in [-0.3, -0.25) is 0 Å². The predicted molar refractivity (Wildman–Crippen MR) is 134 cm³/mol. The number of benzene rings is 3. The molecule has 0 amide bonds. The minimum atomic E-state index is -1.16. The lowest BCUT2D eigenvalue weighted by atomic mass is 9.80. The van der Waals surface area contributed by atoms with Gasteiger partial charge in [0.1, 0.15) is 18.0 Å². The Bertz CT molecular complexity index is 997. The first-order valence-electron chi connectivity index (χ1n) is 11.4. The maximum absolute atomic E-state index is 12.0. The van der Waals surface area contributed by atoms with Gasteiger partial charge in [-0.25, -0.2) is 0 Å². The van der Waals surface area contributed by atoms with Crippen LogP contribution in [0.25, 0.3) is 0 Å². The fourth-order valence-corrected chi connectivity index (χ4v) is 4.22. The van der Waals surface area contributed by atoms with E-state index in [1.54, 1.807) is 0 Å². The number of hydrogen-bond acceptors (Lipinski definition) is 3. The van der Waals surface area contributed by atoms with E-state index < -0.39 is 5.60 Å². The largest absolute Gasteiger partial charge is 0.492 e. The van der Waals surface area contributed by atoms with Crippen molar-refractivity contribution in [3.05, 3.63) is 99.6 Å². The van der Waals surface area contributed by atoms with Gasteiger partial charge in [0.15, 0.2) is 0 Å². The van der Waals surface area contributed by atoms with Crippen LogP contribution in [-0.4, -0.2) is 36.2 Å². The van der Waals surface area contributed by atoms with Crippen molar-refractivity contribution in [2.24, 2.45) is 0 Å². The molecule has 4 heteroatoms. The molecule has 0 heterocycles. The number of likely N-dealkylation sites (N-methyl/N-ethyl adjacent to an activating group) is 1. The average Bonchev–Trinajstić information content (AvgIpc) is 2.79. The first kappa shape index (κ1) is 24.3. The number of aliphatic hydroxyl groups is 1. The normalized spacial score (nSPS) is 13.2. The maximum Gasteiger partial charge on any atom is 0.119 e. The van der Waals surface area contributed by atoms with Crippen LogP contribution in [0.3, 0.4) is 0 Å². The highest BCUT2D eigenvalue weighted by atomic mass is 35.5. The Kier molecular flexibility index (Phi) is 8.36. The van der Waals surface area contributed by atoms with Crippen LogP contribution in [-0.2, 0) is 12.0 Å². The average molecular weight is 452 g/mol. The van der Waals surface area contributed by atoms with Gasteiger partial charge < -0.3 is 14.7 Å². The molecule has 0 radical (unpaired) electrons. The minimum absolute atomic E-state index is 0.460. The SMILES string of the molecule is CCN(CC)CCOc1ccc(C(O)(Cc2ccc(Cl)cc2C)c2ccc(C)cc2)cc1. The van der Waals surface area contributed by atoms with Crippen molar-refractivity contribution in [1.29, 1.82) is 0 Å². The number of nitrogens with zero attached hydrogens (tertiary/aromatic N) is 1. The third-order valence-electron chi connectivity index (χ3n) is 6.18. The highest BCUT2D eigenvalue weighted by Crippen LogP contribution is 2.35. The number of rotatable bonds is 10. The fourth-order valence-electron chi connectivity index (χ4n) is 3.99. The highest BCUT2D eigenvalue weighted by Gasteiger charge is 2.32. The van der Waals surface area contributed by atoms with Crippen molar-refractivity contribution >= 4 is 11.6 Å². The lowest BCUT2D eigenvalue weighted by Crippen LogP contribution is -2.30. The molecule has 170 valence electrons. The van der Waals surface area contributed by atoms with Crippen molar-refractivity contribution in [1.82, 2.24) is 4.90 Å². The van der Waals surface area contributed by atoms with Crippen molar-refractivity contribution in [3.63, 3.8) is 0 Å². The van der Waals surface area contributed by atoms with E-state index in [1.807, 2.05) is 73.7 Å². The summed E-state index contributed by atoms with van der Waals surface area (Å²) in [6.45, 7) is 12.0. The van der Waals surface area contributed by atoms with Gasteiger partial charge in [-0.15, -0.1) is 0 Å². The van der Waals surface area contributed by atoms with E-state index in [-0.39, 0.29) is 0 Å². The van der Waals surface area contributed by atoms with Gasteiger partial charge in [0.2, 0.25) is 0 Å². The molecule has 3 rings (SSSR count). The smallest absolute Gasteiger partial charge is 0.119 e. The quantitative estimate of drug-likeness (QED) is 0.401. The van der Waals surface area contributed by atoms with Crippen LogP contribution in [0.5, 0.6) is 5.75 Å². The molecule has 0 aliphatic carbocycles. The summed E-state index contributed by atoms with van der Waals surface area (Å²) in [5, 5.41) is 12.7. The van der Waals surface area contributed by atoms with Crippen molar-refractivity contribution in [2.75, 3.05) is 26.2 Å². The van der Waals surface area contributed by atoms with E-state index in [0.29, 0.717) is 18.1 Å². The second kappa shape index (κ2) is 11.0. The van der Waals surface area contributed by atoms with Crippen LogP contribution in [0.2, 0.25) is 5.02 Å². The molecule has 32 heavy (non-hydrogen) atoms. The molecule has 0 aromatic heterocycles. The Morgan fingerprint density at radius 3 is 2.03 bits per heavy atom. The molecule has 0 aliphatic heterocycles. The Morgan fingerprint density at radius 2 is 1.47 bits per heavy atom. The summed E-state index contributed by atoms with van der Waals surface area (Å²) in [4.78, 5) is 2.33. The van der Waals surface area contributed by atoms with E-state index in [4.69, 9.17) is 16.3 Å². The van der Waals surface area contributed by atoms with Gasteiger partial charge in [-0.2, -0.15) is 0 Å². The highest BCUT2D eigenvalue weighted by molar-refractivity contribution is 6.30. The van der Waals surface area contributed by atoms with Gasteiger partial charge >= 0.3 is 0 Å². The standard InChI is InChI=1S/C28H34ClNO2/c1-5-30(6-2)17-18-32-27-15-12-25(13-16-27)28(31,24-10-7-21(3)8-11-24)20-23-9-14-26(29)19-22(23)4/h7-16,19,31H,5-6,17-18,20H2,1-4H3. The molecule has 3 aromatic rings. The summed E-state index contributed by atoms with van der Waals surface area (Å²) in [5.74, 6) is 0.815. The monoisotopic (exact) mass is 451 g/mol. The maximum atomic E-state index is 12.0. The van der Waals surface area contributed by atoms with E-state index in [1.165, 1.54) is 0 Å². The Labute approximate surface area is 197 Å². The topological polar surface area (TPSA) is 32.7 Å². The molecule has 0 bridgehead atoms. The van der Waals surface area contributed by atoms with Crippen LogP contribution < -0.4 is 4.74 Å². The third kappa shape index (κ3) is 5.92. The molecule has 1 N–H and O–H groups in total. The first-order chi connectivity index (χ1) is 15.4. The molecule has 0 spiro atoms. The summed E-state index contributed by atoms with van der Waals surface area (Å²) in [7, 11) is 0. The summed E-state index contributed by atoms with van der Waals surface area (Å²) >= 11 is 6.16. The van der Waals surface area contributed by atoms with Crippen molar-refractivity contribution < 1.29 is 9.84 Å². The molecular weight excluding hydrogens is 418 g/mol. The van der Waals surface area contributed by atoms with E-state index in [2.05, 4.69) is 25.7 Å². The fraction of sp³-hybridized carbons (Fsp3) is 0.357. The summed E-state index contributed by atoms with van der Waals surface area (Å²) in [6.07, 6.45) is 0.460. The van der Waals surface area contributed by atoms with Gasteiger partial charge in [-0.05, 0) is 73.5 Å². The van der Waals surface area contributed by atoms with Gasteiger partial charge in [0, 0.05) is 18.0 Å². The zero-order valence-electron chi connectivity index (χ0n) is 19.6. The number of hydrogen-bond donors (Lipinski definition) is 1. The molecule has 1 unspecified atom stereocenters. The van der Waals surface area contributed by atoms with Crippen LogP contribution in [0.1, 0.15) is 41.7 Å². The number of halogens is 1. The number of ether oxygens (including phenoxy) is 1. The van der Waals surface area contributed by atoms with Crippen molar-refractivity contribution in [2.45, 2.75) is 39.7 Å². The van der Waals surface area contributed by atoms with Gasteiger partial charge in [-0.1, -0.05) is 73.5 Å². The van der Waals surface area contributed by atoms with E-state index in [0.717, 1.165) is 53.2 Å². The molecular formula is C28H34ClNO2. The summed E-state index contributed by atoms with van der Waals surface area (Å²) in [5.41, 5.74) is 3.85. The minimum Gasteiger partial charge on any atom is -0.492 e. The first-order valence-corrected chi connectivity index (χ1v) is 11.7. The summed E-state index contributed by atoms with van der Waals surface area (Å²) < 4.78 is 5.94. The van der Waals surface area contributed by atoms with Crippen LogP contribution >= 0.6 is 11.6 Å². The molecule has 1 atom stereocenters. The number of aryl methyl sites for hydroxylation is 2. The second-order valence-electron chi connectivity index (χ2n) is 8.37. The molecule has 0 saturated carbocycles. The zero-order valence-corrected chi connectivity index (χ0v) is 20.3. The Balaban J connectivity index is 1.87.